The van der Waals surface area contributed by atoms with Crippen molar-refractivity contribution in [2.45, 2.75) is 11.9 Å². The van der Waals surface area contributed by atoms with Crippen molar-refractivity contribution in [3.8, 4) is 17.1 Å². The number of carbonyl (C=O) groups excluding carboxylic acids is 1. The number of thioether (sulfide) groups is 1. The molecule has 9 nitrogen and oxygen atoms in total. The highest BCUT2D eigenvalue weighted by Gasteiger charge is 2.19. The average molecular weight is 478 g/mol. The van der Waals surface area contributed by atoms with Crippen LogP contribution in [-0.2, 0) is 18.9 Å². The van der Waals surface area contributed by atoms with Crippen molar-refractivity contribution in [2.24, 2.45) is 14.1 Å². The van der Waals surface area contributed by atoms with Gasteiger partial charge in [-0.25, -0.2) is 14.8 Å². The summed E-state index contributed by atoms with van der Waals surface area (Å²) in [6.45, 7) is 1.94. The van der Waals surface area contributed by atoms with Crippen LogP contribution >= 0.6 is 11.8 Å². The van der Waals surface area contributed by atoms with Crippen LogP contribution in [0.2, 0.25) is 0 Å². The minimum Gasteiger partial charge on any atom is -0.497 e. The molecule has 4 aromatic rings. The summed E-state index contributed by atoms with van der Waals surface area (Å²) >= 11 is 1.12. The van der Waals surface area contributed by atoms with Gasteiger partial charge in [-0.2, -0.15) is 0 Å². The molecule has 0 unspecified atom stereocenters. The zero-order valence-corrected chi connectivity index (χ0v) is 20.0. The second kappa shape index (κ2) is 9.52. The number of nitrogens with one attached hydrogen (secondary N) is 1. The topological polar surface area (TPSA) is 108 Å². The summed E-state index contributed by atoms with van der Waals surface area (Å²) in [5.74, 6) is 0.789. The van der Waals surface area contributed by atoms with Gasteiger partial charge in [-0.05, 0) is 48.9 Å². The van der Waals surface area contributed by atoms with Crippen LogP contribution in [-0.4, -0.2) is 37.9 Å². The Morgan fingerprint density at radius 2 is 1.79 bits per heavy atom. The van der Waals surface area contributed by atoms with Crippen LogP contribution in [0.3, 0.4) is 0 Å². The summed E-state index contributed by atoms with van der Waals surface area (Å²) in [4.78, 5) is 47.2. The first kappa shape index (κ1) is 23.2. The zero-order chi connectivity index (χ0) is 24.4. The molecule has 10 heteroatoms. The van der Waals surface area contributed by atoms with E-state index < -0.39 is 11.2 Å². The summed E-state index contributed by atoms with van der Waals surface area (Å²) < 4.78 is 7.52. The van der Waals surface area contributed by atoms with Crippen LogP contribution in [0.1, 0.15) is 5.56 Å². The van der Waals surface area contributed by atoms with Crippen molar-refractivity contribution in [1.82, 2.24) is 19.1 Å². The minimum absolute atomic E-state index is 0.0219. The predicted molar refractivity (Wildman–Crippen MR) is 133 cm³/mol. The molecule has 0 saturated carbocycles. The summed E-state index contributed by atoms with van der Waals surface area (Å²) in [5.41, 5.74) is 1.60. The number of hydrogen-bond acceptors (Lipinski definition) is 7. The third kappa shape index (κ3) is 4.58. The Labute approximate surface area is 199 Å². The number of aryl methyl sites for hydroxylation is 2. The summed E-state index contributed by atoms with van der Waals surface area (Å²) in [6, 6.07) is 14.6. The van der Waals surface area contributed by atoms with Gasteiger partial charge in [0.15, 0.2) is 11.5 Å². The Kier molecular flexibility index (Phi) is 6.51. The van der Waals surface area contributed by atoms with Gasteiger partial charge < -0.3 is 10.1 Å². The van der Waals surface area contributed by atoms with Crippen molar-refractivity contribution < 1.29 is 9.53 Å². The molecule has 0 atom stereocenters. The molecule has 4 rings (SSSR count). The van der Waals surface area contributed by atoms with E-state index in [0.29, 0.717) is 27.9 Å². The second-order valence-electron chi connectivity index (χ2n) is 7.69. The maximum atomic E-state index is 13.0. The molecular weight excluding hydrogens is 454 g/mol. The molecule has 0 aliphatic carbocycles. The Hall–Kier alpha value is -3.92. The van der Waals surface area contributed by atoms with E-state index >= 15 is 0 Å². The van der Waals surface area contributed by atoms with Gasteiger partial charge in [0, 0.05) is 25.3 Å². The van der Waals surface area contributed by atoms with E-state index in [1.54, 1.807) is 38.4 Å². The van der Waals surface area contributed by atoms with Gasteiger partial charge in [-0.15, -0.1) is 0 Å². The molecule has 0 saturated heterocycles. The number of hydrogen-bond donors (Lipinski definition) is 1. The number of methoxy groups -OCH3 is 1. The molecule has 0 spiro atoms. The van der Waals surface area contributed by atoms with Gasteiger partial charge in [0.1, 0.15) is 16.2 Å². The van der Waals surface area contributed by atoms with E-state index in [1.165, 1.54) is 11.6 Å². The zero-order valence-electron chi connectivity index (χ0n) is 19.2. The molecule has 0 aliphatic heterocycles. The number of anilines is 1. The monoisotopic (exact) mass is 477 g/mol. The molecule has 2 heterocycles. The molecule has 0 radical (unpaired) electrons. The molecule has 34 heavy (non-hydrogen) atoms. The average Bonchev–Trinajstić information content (AvgIpc) is 2.84. The van der Waals surface area contributed by atoms with Crippen molar-refractivity contribution in [3.63, 3.8) is 0 Å². The molecule has 1 N–H and O–H groups in total. The van der Waals surface area contributed by atoms with Crippen LogP contribution in [0.25, 0.3) is 22.4 Å². The number of benzene rings is 2. The Balaban J connectivity index is 1.76. The smallest absolute Gasteiger partial charge is 0.332 e. The largest absolute Gasteiger partial charge is 0.497 e. The fraction of sp³-hybridized carbons (Fsp3) is 0.208. The highest BCUT2D eigenvalue weighted by Crippen LogP contribution is 2.27. The molecule has 0 bridgehead atoms. The summed E-state index contributed by atoms with van der Waals surface area (Å²) in [7, 11) is 4.53. The van der Waals surface area contributed by atoms with Crippen molar-refractivity contribution >= 4 is 34.4 Å². The highest BCUT2D eigenvalue weighted by atomic mass is 32.2. The van der Waals surface area contributed by atoms with Crippen LogP contribution in [0, 0.1) is 6.92 Å². The van der Waals surface area contributed by atoms with Gasteiger partial charge in [-0.3, -0.25) is 18.7 Å². The number of amides is 1. The predicted octanol–water partition coefficient (Wildman–Crippen LogP) is 2.74. The lowest BCUT2D eigenvalue weighted by molar-refractivity contribution is -0.113. The molecule has 1 amide bonds. The number of ether oxygens (including phenoxy) is 1. The fourth-order valence-electron chi connectivity index (χ4n) is 3.46. The van der Waals surface area contributed by atoms with Crippen LogP contribution in [0.5, 0.6) is 5.75 Å². The molecule has 0 fully saturated rings. The number of fused-ring (bicyclic) bond motifs is 1. The number of carbonyl (C=O) groups is 1. The van der Waals surface area contributed by atoms with Gasteiger partial charge >= 0.3 is 5.69 Å². The Bertz CT molecular complexity index is 1510. The van der Waals surface area contributed by atoms with Crippen LogP contribution in [0.15, 0.2) is 63.1 Å². The van der Waals surface area contributed by atoms with E-state index in [9.17, 15) is 14.4 Å². The molecular formula is C24H23N5O4S. The first-order chi connectivity index (χ1) is 16.3. The van der Waals surface area contributed by atoms with E-state index in [2.05, 4.69) is 15.3 Å². The lowest BCUT2D eigenvalue weighted by atomic mass is 10.2. The Morgan fingerprint density at radius 3 is 2.47 bits per heavy atom. The lowest BCUT2D eigenvalue weighted by Gasteiger charge is -2.12. The number of rotatable bonds is 6. The molecule has 174 valence electrons. The number of aromatic nitrogens is 4. The maximum Gasteiger partial charge on any atom is 0.332 e. The van der Waals surface area contributed by atoms with Crippen molar-refractivity contribution in [2.75, 3.05) is 18.2 Å². The third-order valence-electron chi connectivity index (χ3n) is 5.26. The fourth-order valence-corrected chi connectivity index (χ4v) is 4.27. The van der Waals surface area contributed by atoms with Crippen molar-refractivity contribution in [3.05, 3.63) is 74.9 Å². The number of nitrogens with zero attached hydrogens (tertiary/aromatic N) is 4. The lowest BCUT2D eigenvalue weighted by Crippen LogP contribution is -2.37. The van der Waals surface area contributed by atoms with E-state index in [4.69, 9.17) is 4.74 Å². The first-order valence-electron chi connectivity index (χ1n) is 10.4. The van der Waals surface area contributed by atoms with Crippen LogP contribution in [0.4, 0.5) is 5.69 Å². The normalized spacial score (nSPS) is 10.9. The standard InChI is InChI=1S/C24H23N5O4S/c1-14-6-5-7-16(12-14)25-18(30)13-34-22-19-21(28(2)24(32)29(3)23(19)31)26-20(27-22)15-8-10-17(33-4)11-9-15/h5-12H,13H2,1-4H3,(H,25,30). The molecule has 0 aliphatic rings. The van der Waals surface area contributed by atoms with E-state index in [0.717, 1.165) is 21.9 Å². The Morgan fingerprint density at radius 1 is 1.06 bits per heavy atom. The third-order valence-corrected chi connectivity index (χ3v) is 6.23. The van der Waals surface area contributed by atoms with Gasteiger partial charge in [0.2, 0.25) is 5.91 Å². The molecule has 2 aromatic heterocycles. The maximum absolute atomic E-state index is 13.0. The van der Waals surface area contributed by atoms with Crippen molar-refractivity contribution in [1.29, 1.82) is 0 Å². The van der Waals surface area contributed by atoms with Crippen LogP contribution < -0.4 is 21.3 Å². The molecule has 2 aromatic carbocycles. The highest BCUT2D eigenvalue weighted by molar-refractivity contribution is 8.00. The van der Waals surface area contributed by atoms with Gasteiger partial charge in [0.05, 0.1) is 12.9 Å². The van der Waals surface area contributed by atoms with E-state index in [1.807, 2.05) is 31.2 Å². The second-order valence-corrected chi connectivity index (χ2v) is 8.66. The van der Waals surface area contributed by atoms with Gasteiger partial charge in [0.25, 0.3) is 5.56 Å². The van der Waals surface area contributed by atoms with E-state index in [-0.39, 0.29) is 22.7 Å². The summed E-state index contributed by atoms with van der Waals surface area (Å²) in [5, 5.41) is 3.37. The summed E-state index contributed by atoms with van der Waals surface area (Å²) in [6.07, 6.45) is 0. The van der Waals surface area contributed by atoms with Gasteiger partial charge in [-0.1, -0.05) is 23.9 Å². The minimum atomic E-state index is -0.513. The first-order valence-corrected chi connectivity index (χ1v) is 11.4. The quantitative estimate of drug-likeness (QED) is 0.336. The SMILES string of the molecule is COc1ccc(-c2nc(SCC(=O)Nc3cccc(C)c3)c3c(=O)n(C)c(=O)n(C)c3n2)cc1.